The Bertz CT molecular complexity index is 1540. The van der Waals surface area contributed by atoms with Gasteiger partial charge < -0.3 is 4.98 Å². The number of benzene rings is 2. The lowest BCUT2D eigenvalue weighted by Crippen LogP contribution is -2.17. The number of hydrogen-bond donors (Lipinski definition) is 2. The van der Waals surface area contributed by atoms with Gasteiger partial charge in [-0.1, -0.05) is 12.1 Å². The van der Waals surface area contributed by atoms with Crippen LogP contribution in [-0.2, 0) is 10.0 Å². The quantitative estimate of drug-likeness (QED) is 0.442. The van der Waals surface area contributed by atoms with Crippen molar-refractivity contribution in [2.75, 3.05) is 4.72 Å². The van der Waals surface area contributed by atoms with Gasteiger partial charge in [-0.3, -0.25) is 9.52 Å². The SMILES string of the molecule is N#Cc1ccnc2[nH]cc(C(=O)c3c(F)ccc(NS(=O)(=O)c4ccccc4F)c3F)c12. The number of H-pyrrole nitrogens is 1. The highest BCUT2D eigenvalue weighted by Crippen LogP contribution is 2.29. The third-order valence-electron chi connectivity index (χ3n) is 4.63. The molecular formula is C21H11F3N4O3S. The first-order valence-corrected chi connectivity index (χ1v) is 10.4. The number of ketones is 1. The van der Waals surface area contributed by atoms with Gasteiger partial charge in [-0.25, -0.2) is 26.6 Å². The number of pyridine rings is 1. The number of fused-ring (bicyclic) bond motifs is 1. The fourth-order valence-corrected chi connectivity index (χ4v) is 4.30. The van der Waals surface area contributed by atoms with Crippen LogP contribution in [-0.4, -0.2) is 24.2 Å². The molecule has 11 heteroatoms. The Labute approximate surface area is 179 Å². The second-order valence-electron chi connectivity index (χ2n) is 6.55. The van der Waals surface area contributed by atoms with E-state index in [1.807, 2.05) is 10.8 Å². The molecule has 0 radical (unpaired) electrons. The van der Waals surface area contributed by atoms with Crippen molar-refractivity contribution in [1.82, 2.24) is 9.97 Å². The molecule has 0 fully saturated rings. The van der Waals surface area contributed by atoms with Gasteiger partial charge in [-0.05, 0) is 30.3 Å². The summed E-state index contributed by atoms with van der Waals surface area (Å²) < 4.78 is 70.3. The maximum atomic E-state index is 15.1. The number of aromatic amines is 1. The van der Waals surface area contributed by atoms with Gasteiger partial charge in [0.15, 0.2) is 5.82 Å². The van der Waals surface area contributed by atoms with E-state index in [0.717, 1.165) is 24.4 Å². The standard InChI is InChI=1S/C21H11F3N4O3S/c22-13-3-1-2-4-16(13)32(30,31)28-15-6-5-14(23)18(19(15)24)20(29)12-10-27-21-17(12)11(9-25)7-8-26-21/h1-8,10,28H,(H,26,27). The lowest BCUT2D eigenvalue weighted by molar-refractivity contribution is 0.103. The third kappa shape index (κ3) is 3.46. The highest BCUT2D eigenvalue weighted by molar-refractivity contribution is 7.92. The van der Waals surface area contributed by atoms with Crippen LogP contribution in [0.3, 0.4) is 0 Å². The monoisotopic (exact) mass is 456 g/mol. The minimum Gasteiger partial charge on any atom is -0.345 e. The molecule has 0 aliphatic heterocycles. The Hall–Kier alpha value is -4.17. The summed E-state index contributed by atoms with van der Waals surface area (Å²) in [4.78, 5) is 18.9. The van der Waals surface area contributed by atoms with Crippen molar-refractivity contribution in [3.05, 3.63) is 89.0 Å². The summed E-state index contributed by atoms with van der Waals surface area (Å²) in [7, 11) is -4.58. The van der Waals surface area contributed by atoms with Gasteiger partial charge in [-0.15, -0.1) is 0 Å². The molecule has 2 N–H and O–H groups in total. The molecule has 0 spiro atoms. The summed E-state index contributed by atoms with van der Waals surface area (Å²) in [5.74, 6) is -4.96. The molecule has 0 bridgehead atoms. The number of sulfonamides is 1. The number of anilines is 1. The van der Waals surface area contributed by atoms with Gasteiger partial charge >= 0.3 is 0 Å². The van der Waals surface area contributed by atoms with E-state index in [1.165, 1.54) is 24.4 Å². The zero-order valence-electron chi connectivity index (χ0n) is 15.9. The Balaban J connectivity index is 1.81. The van der Waals surface area contributed by atoms with E-state index in [-0.39, 0.29) is 22.2 Å². The summed E-state index contributed by atoms with van der Waals surface area (Å²) in [6.45, 7) is 0. The van der Waals surface area contributed by atoms with Crippen LogP contribution in [0, 0.1) is 28.8 Å². The summed E-state index contributed by atoms with van der Waals surface area (Å²) >= 11 is 0. The average Bonchev–Trinajstić information content (AvgIpc) is 3.20. The minimum atomic E-state index is -4.58. The fraction of sp³-hybridized carbons (Fsp3) is 0. The number of hydrogen-bond acceptors (Lipinski definition) is 5. The van der Waals surface area contributed by atoms with Crippen molar-refractivity contribution < 1.29 is 26.4 Å². The third-order valence-corrected chi connectivity index (χ3v) is 6.03. The van der Waals surface area contributed by atoms with Crippen LogP contribution in [0.15, 0.2) is 59.8 Å². The largest absolute Gasteiger partial charge is 0.345 e. The highest BCUT2D eigenvalue weighted by Gasteiger charge is 2.27. The lowest BCUT2D eigenvalue weighted by Gasteiger charge is -2.12. The maximum absolute atomic E-state index is 15.1. The molecule has 0 aliphatic rings. The number of carbonyl (C=O) groups is 1. The molecule has 4 aromatic rings. The van der Waals surface area contributed by atoms with Crippen molar-refractivity contribution in [3.63, 3.8) is 0 Å². The first kappa shape index (κ1) is 21.1. The maximum Gasteiger partial charge on any atom is 0.264 e. The molecule has 2 aromatic heterocycles. The van der Waals surface area contributed by atoms with Crippen LogP contribution in [0.1, 0.15) is 21.5 Å². The molecule has 0 unspecified atom stereocenters. The van der Waals surface area contributed by atoms with Gasteiger partial charge in [0.2, 0.25) is 5.78 Å². The van der Waals surface area contributed by atoms with Gasteiger partial charge in [0.25, 0.3) is 10.0 Å². The van der Waals surface area contributed by atoms with E-state index in [9.17, 15) is 27.3 Å². The second-order valence-corrected chi connectivity index (χ2v) is 8.20. The van der Waals surface area contributed by atoms with E-state index >= 15 is 4.39 Å². The number of rotatable bonds is 5. The van der Waals surface area contributed by atoms with Gasteiger partial charge in [-0.2, -0.15) is 5.26 Å². The first-order valence-electron chi connectivity index (χ1n) is 8.91. The Morgan fingerprint density at radius 2 is 1.81 bits per heavy atom. The lowest BCUT2D eigenvalue weighted by atomic mass is 10.00. The van der Waals surface area contributed by atoms with Crippen molar-refractivity contribution in [1.29, 1.82) is 5.26 Å². The Morgan fingerprint density at radius 3 is 2.53 bits per heavy atom. The number of nitrogens with one attached hydrogen (secondary N) is 2. The van der Waals surface area contributed by atoms with Crippen molar-refractivity contribution in [2.45, 2.75) is 4.90 Å². The molecule has 0 saturated heterocycles. The molecule has 0 aliphatic carbocycles. The number of aromatic nitrogens is 2. The second kappa shape index (κ2) is 7.82. The molecule has 0 saturated carbocycles. The summed E-state index contributed by atoms with van der Waals surface area (Å²) in [5.41, 5.74) is -1.82. The normalized spacial score (nSPS) is 11.3. The van der Waals surface area contributed by atoms with Crippen LogP contribution in [0.4, 0.5) is 18.9 Å². The predicted octanol–water partition coefficient (Wildman–Crippen LogP) is 3.88. The van der Waals surface area contributed by atoms with Crippen LogP contribution in [0.25, 0.3) is 11.0 Å². The van der Waals surface area contributed by atoms with E-state index in [1.54, 1.807) is 0 Å². The summed E-state index contributed by atoms with van der Waals surface area (Å²) in [5, 5.41) is 9.35. The van der Waals surface area contributed by atoms with Crippen LogP contribution >= 0.6 is 0 Å². The molecule has 32 heavy (non-hydrogen) atoms. The zero-order chi connectivity index (χ0) is 23.0. The molecule has 4 rings (SSSR count). The van der Waals surface area contributed by atoms with Crippen LogP contribution < -0.4 is 4.72 Å². The minimum absolute atomic E-state index is 0.0526. The molecule has 0 atom stereocenters. The summed E-state index contributed by atoms with van der Waals surface area (Å²) in [6, 6.07) is 9.09. The molecule has 7 nitrogen and oxygen atoms in total. The fourth-order valence-electron chi connectivity index (χ4n) is 3.17. The first-order chi connectivity index (χ1) is 15.2. The van der Waals surface area contributed by atoms with E-state index in [0.29, 0.717) is 6.07 Å². The predicted molar refractivity (Wildman–Crippen MR) is 108 cm³/mol. The van der Waals surface area contributed by atoms with E-state index in [4.69, 9.17) is 0 Å². The van der Waals surface area contributed by atoms with Gasteiger partial charge in [0, 0.05) is 17.8 Å². The molecule has 2 heterocycles. The Kier molecular flexibility index (Phi) is 5.15. The van der Waals surface area contributed by atoms with Crippen molar-refractivity contribution in [3.8, 4) is 6.07 Å². The molecule has 2 aromatic carbocycles. The van der Waals surface area contributed by atoms with Gasteiger partial charge in [0.1, 0.15) is 22.2 Å². The summed E-state index contributed by atoms with van der Waals surface area (Å²) in [6.07, 6.45) is 2.47. The highest BCUT2D eigenvalue weighted by atomic mass is 32.2. The number of nitriles is 1. The molecule has 160 valence electrons. The number of carbonyl (C=O) groups excluding carboxylic acids is 1. The van der Waals surface area contributed by atoms with Crippen molar-refractivity contribution >= 4 is 32.5 Å². The Morgan fingerprint density at radius 1 is 1.06 bits per heavy atom. The van der Waals surface area contributed by atoms with Crippen LogP contribution in [0.2, 0.25) is 0 Å². The zero-order valence-corrected chi connectivity index (χ0v) is 16.7. The van der Waals surface area contributed by atoms with Crippen molar-refractivity contribution in [2.24, 2.45) is 0 Å². The smallest absolute Gasteiger partial charge is 0.264 e. The topological polar surface area (TPSA) is 116 Å². The number of halogens is 3. The van der Waals surface area contributed by atoms with Gasteiger partial charge in [0.05, 0.1) is 28.4 Å². The number of nitrogens with zero attached hydrogens (tertiary/aromatic N) is 2. The molecule has 0 amide bonds. The molecular weight excluding hydrogens is 445 g/mol. The van der Waals surface area contributed by atoms with E-state index < -0.39 is 49.4 Å². The van der Waals surface area contributed by atoms with Crippen LogP contribution in [0.5, 0.6) is 0 Å². The van der Waals surface area contributed by atoms with E-state index in [2.05, 4.69) is 9.97 Å². The average molecular weight is 456 g/mol.